The molecule has 7 heteroatoms. The summed E-state index contributed by atoms with van der Waals surface area (Å²) in [6.07, 6.45) is 9.99. The van der Waals surface area contributed by atoms with E-state index < -0.39 is 0 Å². The predicted octanol–water partition coefficient (Wildman–Crippen LogP) is 4.45. The minimum absolute atomic E-state index is 0.0806. The van der Waals surface area contributed by atoms with Crippen molar-refractivity contribution in [3.05, 3.63) is 40.7 Å². The van der Waals surface area contributed by atoms with Crippen LogP contribution in [0, 0.1) is 0 Å². The lowest BCUT2D eigenvalue weighted by atomic mass is 10.1. The molecule has 2 aromatic rings. The van der Waals surface area contributed by atoms with Gasteiger partial charge in [0.2, 0.25) is 5.91 Å². The highest BCUT2D eigenvalue weighted by atomic mass is 35.5. The maximum atomic E-state index is 12.1. The van der Waals surface area contributed by atoms with Crippen LogP contribution in [0.2, 0.25) is 5.02 Å². The summed E-state index contributed by atoms with van der Waals surface area (Å²) in [7, 11) is 0. The topological polar surface area (TPSA) is 59.8 Å². The average molecular weight is 407 g/mol. The fraction of sp³-hybridized carbons (Fsp3) is 0.550. The minimum Gasteiger partial charge on any atom is -0.356 e. The van der Waals surface area contributed by atoms with Crippen molar-refractivity contribution in [1.29, 1.82) is 0 Å². The van der Waals surface area contributed by atoms with E-state index in [0.29, 0.717) is 30.5 Å². The van der Waals surface area contributed by atoms with Gasteiger partial charge in [-0.3, -0.25) is 4.79 Å². The molecule has 1 aliphatic carbocycles. The molecule has 1 aromatic carbocycles. The summed E-state index contributed by atoms with van der Waals surface area (Å²) in [6, 6.07) is 8.22. The molecule has 0 spiro atoms. The molecule has 1 aromatic heterocycles. The van der Waals surface area contributed by atoms with Gasteiger partial charge in [-0.15, -0.1) is 10.2 Å². The Morgan fingerprint density at radius 2 is 2.11 bits per heavy atom. The largest absolute Gasteiger partial charge is 0.356 e. The SMILES string of the molecule is CSc1nnc(CCCNC(=O)CCc2cccc(Cl)c2)n1C1CCCC1. The van der Waals surface area contributed by atoms with E-state index in [1.165, 1.54) is 25.7 Å². The maximum Gasteiger partial charge on any atom is 0.220 e. The van der Waals surface area contributed by atoms with Crippen LogP contribution in [0.25, 0.3) is 0 Å². The first-order valence-electron chi connectivity index (χ1n) is 9.66. The molecule has 0 radical (unpaired) electrons. The molecular weight excluding hydrogens is 380 g/mol. The zero-order valence-electron chi connectivity index (χ0n) is 15.8. The third kappa shape index (κ3) is 5.72. The highest BCUT2D eigenvalue weighted by molar-refractivity contribution is 7.98. The molecule has 5 nitrogen and oxygen atoms in total. The maximum absolute atomic E-state index is 12.1. The number of hydrogen-bond donors (Lipinski definition) is 1. The van der Waals surface area contributed by atoms with Gasteiger partial charge in [0.05, 0.1) is 0 Å². The number of carbonyl (C=O) groups is 1. The summed E-state index contributed by atoms with van der Waals surface area (Å²) in [5.41, 5.74) is 1.09. The lowest BCUT2D eigenvalue weighted by Crippen LogP contribution is -2.25. The minimum atomic E-state index is 0.0806. The number of thioether (sulfide) groups is 1. The molecule has 146 valence electrons. The molecule has 1 heterocycles. The summed E-state index contributed by atoms with van der Waals surface area (Å²) in [6.45, 7) is 0.667. The van der Waals surface area contributed by atoms with Gasteiger partial charge in [0.25, 0.3) is 0 Å². The van der Waals surface area contributed by atoms with Crippen LogP contribution in [0.5, 0.6) is 0 Å². The van der Waals surface area contributed by atoms with E-state index in [4.69, 9.17) is 11.6 Å². The number of nitrogens with one attached hydrogen (secondary N) is 1. The van der Waals surface area contributed by atoms with E-state index in [2.05, 4.69) is 26.3 Å². The first-order chi connectivity index (χ1) is 13.2. The van der Waals surface area contributed by atoms with Crippen LogP contribution in [0.15, 0.2) is 29.4 Å². The quantitative estimate of drug-likeness (QED) is 0.493. The molecular formula is C20H27ClN4OS. The van der Waals surface area contributed by atoms with Crippen LogP contribution < -0.4 is 5.32 Å². The zero-order chi connectivity index (χ0) is 19.1. The van der Waals surface area contributed by atoms with Crippen LogP contribution in [0.3, 0.4) is 0 Å². The van der Waals surface area contributed by atoms with E-state index >= 15 is 0 Å². The first kappa shape index (κ1) is 20.2. The van der Waals surface area contributed by atoms with Crippen molar-refractivity contribution in [2.45, 2.75) is 62.6 Å². The first-order valence-corrected chi connectivity index (χ1v) is 11.3. The lowest BCUT2D eigenvalue weighted by molar-refractivity contribution is -0.121. The number of benzene rings is 1. The molecule has 1 saturated carbocycles. The van der Waals surface area contributed by atoms with Crippen molar-refractivity contribution in [3.63, 3.8) is 0 Å². The van der Waals surface area contributed by atoms with E-state index in [0.717, 1.165) is 29.4 Å². The van der Waals surface area contributed by atoms with Gasteiger partial charge < -0.3 is 9.88 Å². The van der Waals surface area contributed by atoms with Gasteiger partial charge in [-0.1, -0.05) is 48.3 Å². The molecule has 0 saturated heterocycles. The van der Waals surface area contributed by atoms with Gasteiger partial charge in [0, 0.05) is 30.5 Å². The number of hydrogen-bond acceptors (Lipinski definition) is 4. The summed E-state index contributed by atoms with van der Waals surface area (Å²) in [5, 5.41) is 13.5. The number of aromatic nitrogens is 3. The van der Waals surface area contributed by atoms with Crippen molar-refractivity contribution >= 4 is 29.3 Å². The van der Waals surface area contributed by atoms with E-state index in [1.54, 1.807) is 11.8 Å². The molecule has 27 heavy (non-hydrogen) atoms. The Hall–Kier alpha value is -1.53. The fourth-order valence-corrected chi connectivity index (χ4v) is 4.45. The molecule has 0 unspecified atom stereocenters. The summed E-state index contributed by atoms with van der Waals surface area (Å²) >= 11 is 7.64. The standard InChI is InChI=1S/C20H27ClN4OS/c1-27-20-24-23-18(25(20)17-8-2-3-9-17)10-5-13-22-19(26)12-11-15-6-4-7-16(21)14-15/h4,6-7,14,17H,2-3,5,8-13H2,1H3,(H,22,26). The van der Waals surface area contributed by atoms with Gasteiger partial charge in [0.1, 0.15) is 5.82 Å². The van der Waals surface area contributed by atoms with Gasteiger partial charge in [-0.25, -0.2) is 0 Å². The van der Waals surface area contributed by atoms with Gasteiger partial charge in [-0.05, 0) is 49.6 Å². The predicted molar refractivity (Wildman–Crippen MR) is 110 cm³/mol. The Morgan fingerprint density at radius 1 is 1.30 bits per heavy atom. The summed E-state index contributed by atoms with van der Waals surface area (Å²) in [4.78, 5) is 12.1. The van der Waals surface area contributed by atoms with Gasteiger partial charge in [0.15, 0.2) is 5.16 Å². The lowest BCUT2D eigenvalue weighted by Gasteiger charge is -2.16. The van der Waals surface area contributed by atoms with Crippen LogP contribution in [-0.4, -0.2) is 33.5 Å². The fourth-order valence-electron chi connectivity index (χ4n) is 3.66. The Bertz CT molecular complexity index is 758. The van der Waals surface area contributed by atoms with E-state index in [9.17, 15) is 4.79 Å². The second kappa shape index (κ2) is 10.1. The number of nitrogens with zero attached hydrogens (tertiary/aromatic N) is 3. The molecule has 3 rings (SSSR count). The summed E-state index contributed by atoms with van der Waals surface area (Å²) < 4.78 is 2.33. The van der Waals surface area contributed by atoms with Crippen molar-refractivity contribution in [2.24, 2.45) is 0 Å². The van der Waals surface area contributed by atoms with Gasteiger partial charge >= 0.3 is 0 Å². The molecule has 1 N–H and O–H groups in total. The highest BCUT2D eigenvalue weighted by Gasteiger charge is 2.23. The molecule has 0 aliphatic heterocycles. The second-order valence-electron chi connectivity index (χ2n) is 6.99. The average Bonchev–Trinajstić information content (AvgIpc) is 3.32. The summed E-state index contributed by atoms with van der Waals surface area (Å²) in [5.74, 6) is 1.14. The van der Waals surface area contributed by atoms with Crippen molar-refractivity contribution in [3.8, 4) is 0 Å². The molecule has 1 fully saturated rings. The molecule has 0 atom stereocenters. The Labute approximate surface area is 170 Å². The molecule has 1 amide bonds. The Kier molecular flexibility index (Phi) is 7.59. The Balaban J connectivity index is 1.42. The van der Waals surface area contributed by atoms with Crippen LogP contribution >= 0.6 is 23.4 Å². The smallest absolute Gasteiger partial charge is 0.220 e. The van der Waals surface area contributed by atoms with Crippen molar-refractivity contribution in [1.82, 2.24) is 20.1 Å². The van der Waals surface area contributed by atoms with Crippen molar-refractivity contribution < 1.29 is 4.79 Å². The highest BCUT2D eigenvalue weighted by Crippen LogP contribution is 2.33. The second-order valence-corrected chi connectivity index (χ2v) is 8.20. The Morgan fingerprint density at radius 3 is 2.85 bits per heavy atom. The monoisotopic (exact) mass is 406 g/mol. The zero-order valence-corrected chi connectivity index (χ0v) is 17.4. The number of amides is 1. The van der Waals surface area contributed by atoms with Crippen LogP contribution in [-0.2, 0) is 17.6 Å². The number of carbonyl (C=O) groups excluding carboxylic acids is 1. The molecule has 1 aliphatic rings. The number of aryl methyl sites for hydroxylation is 2. The molecule has 0 bridgehead atoms. The van der Waals surface area contributed by atoms with E-state index in [-0.39, 0.29) is 5.91 Å². The number of halogens is 1. The van der Waals surface area contributed by atoms with Crippen molar-refractivity contribution in [2.75, 3.05) is 12.8 Å². The third-order valence-corrected chi connectivity index (χ3v) is 5.92. The van der Waals surface area contributed by atoms with Crippen LogP contribution in [0.4, 0.5) is 0 Å². The van der Waals surface area contributed by atoms with E-state index in [1.807, 2.05) is 24.3 Å². The normalized spacial score (nSPS) is 14.6. The third-order valence-electron chi connectivity index (χ3n) is 5.04. The number of rotatable bonds is 9. The van der Waals surface area contributed by atoms with Crippen LogP contribution in [0.1, 0.15) is 56.0 Å². The van der Waals surface area contributed by atoms with Gasteiger partial charge in [-0.2, -0.15) is 0 Å².